The van der Waals surface area contributed by atoms with Gasteiger partial charge >= 0.3 is 6.18 Å². The van der Waals surface area contributed by atoms with Crippen molar-refractivity contribution in [1.29, 1.82) is 0 Å². The van der Waals surface area contributed by atoms with Crippen LogP contribution >= 0.6 is 12.4 Å². The van der Waals surface area contributed by atoms with Crippen LogP contribution in [0.25, 0.3) is 0 Å². The molecule has 0 atom stereocenters. The second-order valence-electron chi connectivity index (χ2n) is 2.29. The molecule has 1 aromatic rings. The Morgan fingerprint density at radius 1 is 1.54 bits per heavy atom. The van der Waals surface area contributed by atoms with Gasteiger partial charge in [-0.1, -0.05) is 0 Å². The third-order valence-electron chi connectivity index (χ3n) is 1.26. The van der Waals surface area contributed by atoms with Crippen LogP contribution in [-0.4, -0.2) is 23.0 Å². The first-order chi connectivity index (χ1) is 5.51. The lowest BCUT2D eigenvalue weighted by Crippen LogP contribution is -2.17. The van der Waals surface area contributed by atoms with Crippen LogP contribution in [0.2, 0.25) is 0 Å². The Morgan fingerprint density at radius 3 is 2.54 bits per heavy atom. The van der Waals surface area contributed by atoms with Crippen molar-refractivity contribution < 1.29 is 13.2 Å². The predicted molar refractivity (Wildman–Crippen MR) is 45.1 cm³/mol. The first-order valence-electron chi connectivity index (χ1n) is 3.28. The number of nitrogens with zero attached hydrogens (tertiary/aromatic N) is 2. The van der Waals surface area contributed by atoms with E-state index in [1.807, 2.05) is 0 Å². The molecule has 76 valence electrons. The smallest absolute Gasteiger partial charge is 0.386 e. The van der Waals surface area contributed by atoms with Crippen LogP contribution in [0, 0.1) is 0 Å². The van der Waals surface area contributed by atoms with Crippen molar-refractivity contribution in [3.8, 4) is 0 Å². The predicted octanol–water partition coefficient (Wildman–Crippen LogP) is 1.91. The zero-order valence-corrected chi connectivity index (χ0v) is 7.61. The number of anilines is 1. The van der Waals surface area contributed by atoms with Crippen LogP contribution in [0.15, 0.2) is 12.4 Å². The van der Waals surface area contributed by atoms with E-state index >= 15 is 0 Å². The molecule has 3 nitrogen and oxygen atoms in total. The van der Waals surface area contributed by atoms with E-state index in [2.05, 4.69) is 10.4 Å². The van der Waals surface area contributed by atoms with E-state index in [-0.39, 0.29) is 12.4 Å². The average Bonchev–Trinajstić information content (AvgIpc) is 2.32. The van der Waals surface area contributed by atoms with Crippen molar-refractivity contribution in [1.82, 2.24) is 9.78 Å². The molecule has 0 aromatic carbocycles. The van der Waals surface area contributed by atoms with Crippen molar-refractivity contribution >= 4 is 18.1 Å². The van der Waals surface area contributed by atoms with Crippen molar-refractivity contribution in [2.24, 2.45) is 0 Å². The maximum atomic E-state index is 11.8. The first kappa shape index (κ1) is 12.1. The molecule has 0 bridgehead atoms. The normalized spacial score (nSPS) is 10.8. The number of hydrogen-bond acceptors (Lipinski definition) is 2. The summed E-state index contributed by atoms with van der Waals surface area (Å²) >= 11 is 0. The molecule has 13 heavy (non-hydrogen) atoms. The molecule has 7 heteroatoms. The van der Waals surface area contributed by atoms with Crippen LogP contribution in [-0.2, 0) is 6.54 Å². The molecule has 0 fully saturated rings. The van der Waals surface area contributed by atoms with E-state index in [0.717, 1.165) is 4.68 Å². The van der Waals surface area contributed by atoms with Gasteiger partial charge in [0.15, 0.2) is 0 Å². The van der Waals surface area contributed by atoms with Crippen LogP contribution < -0.4 is 5.32 Å². The summed E-state index contributed by atoms with van der Waals surface area (Å²) in [5.41, 5.74) is 0.569. The van der Waals surface area contributed by atoms with Gasteiger partial charge in [0.25, 0.3) is 0 Å². The van der Waals surface area contributed by atoms with E-state index in [9.17, 15) is 13.2 Å². The Morgan fingerprint density at radius 2 is 2.15 bits per heavy atom. The van der Waals surface area contributed by atoms with E-state index < -0.39 is 12.7 Å². The zero-order chi connectivity index (χ0) is 9.19. The van der Waals surface area contributed by atoms with Gasteiger partial charge in [-0.15, -0.1) is 12.4 Å². The SMILES string of the molecule is CNc1cnn(CC(F)(F)F)c1.Cl. The van der Waals surface area contributed by atoms with Gasteiger partial charge in [0.1, 0.15) is 6.54 Å². The molecule has 0 unspecified atom stereocenters. The number of halogens is 4. The number of rotatable bonds is 2. The van der Waals surface area contributed by atoms with Gasteiger partial charge in [0.05, 0.1) is 11.9 Å². The average molecular weight is 216 g/mol. The number of nitrogens with one attached hydrogen (secondary N) is 1. The second kappa shape index (κ2) is 4.36. The lowest BCUT2D eigenvalue weighted by atomic mass is 10.6. The minimum atomic E-state index is -4.21. The van der Waals surface area contributed by atoms with Gasteiger partial charge in [-0.3, -0.25) is 4.68 Å². The molecule has 1 aromatic heterocycles. The molecule has 1 N–H and O–H groups in total. The summed E-state index contributed by atoms with van der Waals surface area (Å²) in [7, 11) is 1.62. The van der Waals surface area contributed by atoms with Gasteiger partial charge in [-0.05, 0) is 0 Å². The molecule has 0 saturated carbocycles. The molecule has 1 heterocycles. The van der Waals surface area contributed by atoms with E-state index in [1.165, 1.54) is 12.4 Å². The Bertz CT molecular complexity index is 258. The molecule has 0 amide bonds. The Hall–Kier alpha value is -0.910. The monoisotopic (exact) mass is 215 g/mol. The molecular weight excluding hydrogens is 207 g/mol. The molecular formula is C6H9ClF3N3. The molecule has 0 saturated heterocycles. The summed E-state index contributed by atoms with van der Waals surface area (Å²) in [6.07, 6.45) is -1.57. The fourth-order valence-electron chi connectivity index (χ4n) is 0.763. The van der Waals surface area contributed by atoms with Crippen molar-refractivity contribution in [3.05, 3.63) is 12.4 Å². The summed E-state index contributed by atoms with van der Waals surface area (Å²) in [6, 6.07) is 0. The highest BCUT2D eigenvalue weighted by Gasteiger charge is 2.28. The summed E-state index contributed by atoms with van der Waals surface area (Å²) in [6.45, 7) is -1.05. The van der Waals surface area contributed by atoms with Crippen LogP contribution in [0.1, 0.15) is 0 Å². The highest BCUT2D eigenvalue weighted by atomic mass is 35.5. The third kappa shape index (κ3) is 4.02. The van der Waals surface area contributed by atoms with Gasteiger partial charge in [0, 0.05) is 13.2 Å². The van der Waals surface area contributed by atoms with Gasteiger partial charge < -0.3 is 5.32 Å². The Balaban J connectivity index is 0.00000144. The third-order valence-corrected chi connectivity index (χ3v) is 1.26. The second-order valence-corrected chi connectivity index (χ2v) is 2.29. The lowest BCUT2D eigenvalue weighted by Gasteiger charge is -2.04. The fraction of sp³-hybridized carbons (Fsp3) is 0.500. The number of hydrogen-bond donors (Lipinski definition) is 1. The lowest BCUT2D eigenvalue weighted by molar-refractivity contribution is -0.142. The van der Waals surface area contributed by atoms with E-state index in [0.29, 0.717) is 5.69 Å². The fourth-order valence-corrected chi connectivity index (χ4v) is 0.763. The maximum Gasteiger partial charge on any atom is 0.408 e. The summed E-state index contributed by atoms with van der Waals surface area (Å²) < 4.78 is 36.2. The molecule has 0 aliphatic rings. The summed E-state index contributed by atoms with van der Waals surface area (Å²) in [5, 5.41) is 6.19. The van der Waals surface area contributed by atoms with E-state index in [4.69, 9.17) is 0 Å². The topological polar surface area (TPSA) is 29.9 Å². The van der Waals surface area contributed by atoms with Gasteiger partial charge in [-0.2, -0.15) is 18.3 Å². The highest BCUT2D eigenvalue weighted by Crippen LogP contribution is 2.17. The molecule has 1 rings (SSSR count). The molecule has 0 radical (unpaired) electrons. The standard InChI is InChI=1S/C6H8F3N3.ClH/c1-10-5-2-11-12(3-5)4-6(7,8)9;/h2-3,10H,4H2,1H3;1H. The Labute approximate surface area is 79.3 Å². The van der Waals surface area contributed by atoms with Crippen molar-refractivity contribution in [2.75, 3.05) is 12.4 Å². The van der Waals surface area contributed by atoms with Crippen LogP contribution in [0.5, 0.6) is 0 Å². The molecule has 0 aliphatic carbocycles. The van der Waals surface area contributed by atoms with Crippen LogP contribution in [0.3, 0.4) is 0 Å². The zero-order valence-electron chi connectivity index (χ0n) is 6.80. The molecule has 0 aliphatic heterocycles. The highest BCUT2D eigenvalue weighted by molar-refractivity contribution is 5.85. The largest absolute Gasteiger partial charge is 0.408 e. The minimum absolute atomic E-state index is 0. The summed E-state index contributed by atoms with van der Waals surface area (Å²) in [4.78, 5) is 0. The van der Waals surface area contributed by atoms with Crippen molar-refractivity contribution in [3.63, 3.8) is 0 Å². The van der Waals surface area contributed by atoms with Gasteiger partial charge in [0.2, 0.25) is 0 Å². The first-order valence-corrected chi connectivity index (χ1v) is 3.28. The quantitative estimate of drug-likeness (QED) is 0.817. The van der Waals surface area contributed by atoms with Gasteiger partial charge in [-0.25, -0.2) is 0 Å². The summed E-state index contributed by atoms with van der Waals surface area (Å²) in [5.74, 6) is 0. The van der Waals surface area contributed by atoms with Crippen molar-refractivity contribution in [2.45, 2.75) is 12.7 Å². The number of alkyl halides is 3. The Kier molecular flexibility index (Phi) is 4.06. The van der Waals surface area contributed by atoms with Crippen LogP contribution in [0.4, 0.5) is 18.9 Å². The number of aromatic nitrogens is 2. The van der Waals surface area contributed by atoms with E-state index in [1.54, 1.807) is 7.05 Å². The minimum Gasteiger partial charge on any atom is -0.386 e. The maximum absolute atomic E-state index is 11.8. The molecule has 0 spiro atoms.